The third kappa shape index (κ3) is 3.68. The summed E-state index contributed by atoms with van der Waals surface area (Å²) in [6, 6.07) is 12.7. The van der Waals surface area contributed by atoms with Crippen molar-refractivity contribution >= 4 is 17.7 Å². The smallest absolute Gasteiger partial charge is 0.254 e. The summed E-state index contributed by atoms with van der Waals surface area (Å²) in [4.78, 5) is 40.1. The summed E-state index contributed by atoms with van der Waals surface area (Å²) in [5.74, 6) is -0.763. The average Bonchev–Trinajstić information content (AvgIpc) is 3.51. The van der Waals surface area contributed by atoms with Crippen molar-refractivity contribution in [2.24, 2.45) is 5.73 Å². The van der Waals surface area contributed by atoms with Gasteiger partial charge in [-0.15, -0.1) is 0 Å². The molecule has 2 fully saturated rings. The Morgan fingerprint density at radius 2 is 1.53 bits per heavy atom. The Labute approximate surface area is 175 Å². The van der Waals surface area contributed by atoms with Crippen LogP contribution in [0.3, 0.4) is 0 Å². The normalized spacial score (nSPS) is 17.5. The Kier molecular flexibility index (Phi) is 5.07. The maximum Gasteiger partial charge on any atom is 0.254 e. The summed E-state index contributed by atoms with van der Waals surface area (Å²) >= 11 is 0. The van der Waals surface area contributed by atoms with Crippen molar-refractivity contribution in [3.05, 3.63) is 59.2 Å². The molecule has 0 atom stereocenters. The molecule has 30 heavy (non-hydrogen) atoms. The summed E-state index contributed by atoms with van der Waals surface area (Å²) in [6.07, 6.45) is 1.05. The van der Waals surface area contributed by atoms with E-state index >= 15 is 0 Å². The van der Waals surface area contributed by atoms with E-state index in [1.54, 1.807) is 34.1 Å². The molecule has 2 aliphatic rings. The van der Waals surface area contributed by atoms with Crippen LogP contribution in [0.15, 0.2) is 42.5 Å². The second-order valence-electron chi connectivity index (χ2n) is 8.04. The van der Waals surface area contributed by atoms with Gasteiger partial charge in [0.2, 0.25) is 5.91 Å². The van der Waals surface area contributed by atoms with Crippen LogP contribution in [0.25, 0.3) is 11.1 Å². The molecule has 156 valence electrons. The molecular weight excluding hydrogens is 382 g/mol. The summed E-state index contributed by atoms with van der Waals surface area (Å²) in [5, 5.41) is 9.99. The highest BCUT2D eigenvalue weighted by Crippen LogP contribution is 2.37. The van der Waals surface area contributed by atoms with Gasteiger partial charge in [-0.1, -0.05) is 24.3 Å². The first-order chi connectivity index (χ1) is 14.3. The molecule has 0 radical (unpaired) electrons. The van der Waals surface area contributed by atoms with Gasteiger partial charge >= 0.3 is 0 Å². The number of hydrogen-bond donors (Lipinski definition) is 2. The maximum absolute atomic E-state index is 12.9. The van der Waals surface area contributed by atoms with E-state index in [0.717, 1.165) is 16.7 Å². The molecule has 0 spiro atoms. The van der Waals surface area contributed by atoms with Gasteiger partial charge in [-0.05, 0) is 54.7 Å². The molecule has 4 rings (SSSR count). The summed E-state index contributed by atoms with van der Waals surface area (Å²) in [5.41, 5.74) is 7.94. The van der Waals surface area contributed by atoms with Gasteiger partial charge in [0, 0.05) is 37.3 Å². The number of carbonyl (C=O) groups excluding carboxylic acids is 3. The van der Waals surface area contributed by atoms with Crippen LogP contribution in [0.4, 0.5) is 0 Å². The van der Waals surface area contributed by atoms with E-state index < -0.39 is 11.5 Å². The zero-order valence-corrected chi connectivity index (χ0v) is 16.9. The highest BCUT2D eigenvalue weighted by Gasteiger charge is 2.50. The predicted octanol–water partition coefficient (Wildman–Crippen LogP) is 1.57. The van der Waals surface area contributed by atoms with Gasteiger partial charge < -0.3 is 20.6 Å². The van der Waals surface area contributed by atoms with Crippen LogP contribution in [0, 0.1) is 6.92 Å². The van der Waals surface area contributed by atoms with Crippen molar-refractivity contribution in [2.45, 2.75) is 25.4 Å². The zero-order valence-electron chi connectivity index (χ0n) is 16.9. The fraction of sp³-hybridized carbons (Fsp3) is 0.348. The molecule has 1 aliphatic carbocycles. The summed E-state index contributed by atoms with van der Waals surface area (Å²) < 4.78 is 0. The van der Waals surface area contributed by atoms with Crippen LogP contribution in [-0.4, -0.2) is 64.4 Å². The lowest BCUT2D eigenvalue weighted by Crippen LogP contribution is -2.53. The molecule has 3 amide bonds. The lowest BCUT2D eigenvalue weighted by atomic mass is 9.95. The van der Waals surface area contributed by atoms with E-state index in [9.17, 15) is 19.5 Å². The minimum absolute atomic E-state index is 0.0820. The second kappa shape index (κ2) is 7.57. The number of primary amides is 1. The number of piperazine rings is 1. The largest absolute Gasteiger partial charge is 0.380 e. The van der Waals surface area contributed by atoms with Crippen LogP contribution in [0.1, 0.15) is 39.1 Å². The minimum Gasteiger partial charge on any atom is -0.380 e. The number of amides is 3. The van der Waals surface area contributed by atoms with Crippen LogP contribution >= 0.6 is 0 Å². The lowest BCUT2D eigenvalue weighted by molar-refractivity contribution is -0.143. The Hall–Kier alpha value is -3.19. The van der Waals surface area contributed by atoms with Crippen molar-refractivity contribution in [1.82, 2.24) is 9.80 Å². The van der Waals surface area contributed by atoms with E-state index in [-0.39, 0.29) is 11.8 Å². The number of nitrogens with zero attached hydrogens (tertiary/aromatic N) is 2. The molecule has 1 heterocycles. The number of aliphatic hydroxyl groups is 1. The first-order valence-corrected chi connectivity index (χ1v) is 10.1. The second-order valence-corrected chi connectivity index (χ2v) is 8.04. The Morgan fingerprint density at radius 3 is 2.10 bits per heavy atom. The molecule has 7 nitrogen and oxygen atoms in total. The van der Waals surface area contributed by atoms with E-state index in [2.05, 4.69) is 0 Å². The van der Waals surface area contributed by atoms with Gasteiger partial charge in [-0.3, -0.25) is 14.4 Å². The highest BCUT2D eigenvalue weighted by molar-refractivity contribution is 5.97. The van der Waals surface area contributed by atoms with Gasteiger partial charge in [0.25, 0.3) is 11.8 Å². The number of carbonyl (C=O) groups is 3. The fourth-order valence-corrected chi connectivity index (χ4v) is 3.93. The topological polar surface area (TPSA) is 104 Å². The third-order valence-electron chi connectivity index (χ3n) is 6.02. The molecule has 7 heteroatoms. The molecule has 2 aromatic rings. The first-order valence-electron chi connectivity index (χ1n) is 10.1. The first kappa shape index (κ1) is 20.1. The van der Waals surface area contributed by atoms with Crippen molar-refractivity contribution in [1.29, 1.82) is 0 Å². The van der Waals surface area contributed by atoms with Crippen LogP contribution in [-0.2, 0) is 4.79 Å². The number of rotatable bonds is 4. The van der Waals surface area contributed by atoms with E-state index in [1.165, 1.54) is 0 Å². The summed E-state index contributed by atoms with van der Waals surface area (Å²) in [6.45, 7) is 3.62. The molecule has 3 N–H and O–H groups in total. The SMILES string of the molecule is Cc1c(C(N)=O)cccc1-c1ccc(C(=O)N2CCN(C(=O)C3(O)CC3)CC2)cc1. The standard InChI is InChI=1S/C23H25N3O4/c1-15-18(3-2-4-19(15)20(24)27)16-5-7-17(8-6-16)21(28)25-11-13-26(14-12-25)22(29)23(30)9-10-23/h2-8,30H,9-14H2,1H3,(H2,24,27). The van der Waals surface area contributed by atoms with E-state index in [4.69, 9.17) is 5.73 Å². The van der Waals surface area contributed by atoms with Gasteiger partial charge in [0.1, 0.15) is 5.60 Å². The van der Waals surface area contributed by atoms with Crippen LogP contribution in [0.5, 0.6) is 0 Å². The average molecular weight is 407 g/mol. The molecule has 0 unspecified atom stereocenters. The van der Waals surface area contributed by atoms with Gasteiger partial charge in [0.05, 0.1) is 0 Å². The zero-order chi connectivity index (χ0) is 21.5. The van der Waals surface area contributed by atoms with Crippen molar-refractivity contribution in [2.75, 3.05) is 26.2 Å². The predicted molar refractivity (Wildman–Crippen MR) is 112 cm³/mol. The number of hydrogen-bond acceptors (Lipinski definition) is 4. The Bertz CT molecular complexity index is 1000. The van der Waals surface area contributed by atoms with Gasteiger partial charge in [-0.2, -0.15) is 0 Å². The van der Waals surface area contributed by atoms with Crippen molar-refractivity contribution in [3.8, 4) is 11.1 Å². The van der Waals surface area contributed by atoms with Crippen LogP contribution < -0.4 is 5.73 Å². The highest BCUT2D eigenvalue weighted by atomic mass is 16.3. The van der Waals surface area contributed by atoms with Crippen molar-refractivity contribution < 1.29 is 19.5 Å². The third-order valence-corrected chi connectivity index (χ3v) is 6.02. The molecule has 1 aliphatic heterocycles. The van der Waals surface area contributed by atoms with E-state index in [0.29, 0.717) is 50.1 Å². The van der Waals surface area contributed by atoms with Gasteiger partial charge in [0.15, 0.2) is 0 Å². The quantitative estimate of drug-likeness (QED) is 0.803. The minimum atomic E-state index is -1.16. The summed E-state index contributed by atoms with van der Waals surface area (Å²) in [7, 11) is 0. The monoisotopic (exact) mass is 407 g/mol. The number of benzene rings is 2. The van der Waals surface area contributed by atoms with Crippen molar-refractivity contribution in [3.63, 3.8) is 0 Å². The Balaban J connectivity index is 1.44. The van der Waals surface area contributed by atoms with Crippen LogP contribution in [0.2, 0.25) is 0 Å². The molecular formula is C23H25N3O4. The molecule has 1 saturated carbocycles. The molecule has 1 saturated heterocycles. The fourth-order valence-electron chi connectivity index (χ4n) is 3.93. The lowest BCUT2D eigenvalue weighted by Gasteiger charge is -2.35. The van der Waals surface area contributed by atoms with E-state index in [1.807, 2.05) is 25.1 Å². The molecule has 2 aromatic carbocycles. The Morgan fingerprint density at radius 1 is 0.933 bits per heavy atom. The molecule has 0 aromatic heterocycles. The molecule has 0 bridgehead atoms. The maximum atomic E-state index is 12.9. The number of nitrogens with two attached hydrogens (primary N) is 1. The van der Waals surface area contributed by atoms with Gasteiger partial charge in [-0.25, -0.2) is 0 Å².